The molecule has 6 nitrogen and oxygen atoms in total. The Kier molecular flexibility index (Phi) is 6.20. The van der Waals surface area contributed by atoms with Gasteiger partial charge in [0.25, 0.3) is 10.0 Å². The van der Waals surface area contributed by atoms with Gasteiger partial charge >= 0.3 is 0 Å². The number of methoxy groups -OCH3 is 1. The van der Waals surface area contributed by atoms with Crippen LogP contribution in [0.5, 0.6) is 0 Å². The van der Waals surface area contributed by atoms with Crippen molar-refractivity contribution < 1.29 is 13.2 Å². The molecule has 0 atom stereocenters. The van der Waals surface area contributed by atoms with Gasteiger partial charge in [-0.25, -0.2) is 13.4 Å². The first-order valence-corrected chi connectivity index (χ1v) is 7.69. The molecule has 0 saturated carbocycles. The van der Waals surface area contributed by atoms with Crippen molar-refractivity contribution >= 4 is 15.7 Å². The van der Waals surface area contributed by atoms with Crippen LogP contribution in [0.4, 0.5) is 5.69 Å². The minimum atomic E-state index is -3.60. The molecule has 1 aromatic heterocycles. The van der Waals surface area contributed by atoms with E-state index in [0.29, 0.717) is 31.9 Å². The Morgan fingerprint density at radius 2 is 2.16 bits per heavy atom. The molecule has 108 valence electrons. The van der Waals surface area contributed by atoms with Crippen LogP contribution in [-0.2, 0) is 14.8 Å². The standard InChI is InChI=1S/C12H21N3O3S/c1-4-13-11-7-6-8-14-12(11)19(16,17)15(5-2)9-10-18-3/h6-8,13H,4-5,9-10H2,1-3H3. The van der Waals surface area contributed by atoms with Gasteiger partial charge in [-0.1, -0.05) is 6.92 Å². The second kappa shape index (κ2) is 7.42. The van der Waals surface area contributed by atoms with Crippen molar-refractivity contribution in [2.24, 2.45) is 0 Å². The van der Waals surface area contributed by atoms with Gasteiger partial charge in [-0.05, 0) is 19.1 Å². The average molecular weight is 287 g/mol. The summed E-state index contributed by atoms with van der Waals surface area (Å²) in [5, 5.41) is 3.08. The van der Waals surface area contributed by atoms with Crippen LogP contribution in [0.2, 0.25) is 0 Å². The Morgan fingerprint density at radius 1 is 1.42 bits per heavy atom. The minimum absolute atomic E-state index is 0.0646. The van der Waals surface area contributed by atoms with Gasteiger partial charge in [-0.15, -0.1) is 0 Å². The molecule has 1 N–H and O–H groups in total. The van der Waals surface area contributed by atoms with Crippen molar-refractivity contribution in [2.45, 2.75) is 18.9 Å². The van der Waals surface area contributed by atoms with E-state index in [2.05, 4.69) is 10.3 Å². The van der Waals surface area contributed by atoms with E-state index in [-0.39, 0.29) is 5.03 Å². The molecule has 0 amide bonds. The predicted octanol–water partition coefficient (Wildman–Crippen LogP) is 1.17. The van der Waals surface area contributed by atoms with Gasteiger partial charge < -0.3 is 10.1 Å². The van der Waals surface area contributed by atoms with E-state index in [1.807, 2.05) is 6.92 Å². The fraction of sp³-hybridized carbons (Fsp3) is 0.583. The third kappa shape index (κ3) is 3.89. The van der Waals surface area contributed by atoms with Crippen molar-refractivity contribution in [3.63, 3.8) is 0 Å². The number of sulfonamides is 1. The first-order valence-electron chi connectivity index (χ1n) is 6.25. The lowest BCUT2D eigenvalue weighted by atomic mass is 10.4. The number of hydrogen-bond acceptors (Lipinski definition) is 5. The van der Waals surface area contributed by atoms with Crippen molar-refractivity contribution in [1.29, 1.82) is 0 Å². The number of nitrogens with one attached hydrogen (secondary N) is 1. The highest BCUT2D eigenvalue weighted by Gasteiger charge is 2.26. The van der Waals surface area contributed by atoms with Crippen LogP contribution in [0.15, 0.2) is 23.4 Å². The molecule has 19 heavy (non-hydrogen) atoms. The SMILES string of the molecule is CCNc1cccnc1S(=O)(=O)N(CC)CCOC. The largest absolute Gasteiger partial charge is 0.383 e. The topological polar surface area (TPSA) is 71.5 Å². The summed E-state index contributed by atoms with van der Waals surface area (Å²) in [7, 11) is -2.05. The molecule has 7 heteroatoms. The molecule has 0 aliphatic heterocycles. The molecule has 1 heterocycles. The van der Waals surface area contributed by atoms with Gasteiger partial charge in [0.1, 0.15) is 0 Å². The van der Waals surface area contributed by atoms with E-state index in [1.54, 1.807) is 26.2 Å². The van der Waals surface area contributed by atoms with E-state index < -0.39 is 10.0 Å². The number of rotatable bonds is 8. The Morgan fingerprint density at radius 3 is 2.74 bits per heavy atom. The Labute approximate surface area is 114 Å². The van der Waals surface area contributed by atoms with Crippen LogP contribution >= 0.6 is 0 Å². The highest BCUT2D eigenvalue weighted by molar-refractivity contribution is 7.89. The van der Waals surface area contributed by atoms with E-state index in [4.69, 9.17) is 4.74 Å². The normalized spacial score (nSPS) is 11.8. The third-order valence-electron chi connectivity index (χ3n) is 2.62. The molecule has 0 aliphatic rings. The summed E-state index contributed by atoms with van der Waals surface area (Å²) in [6.07, 6.45) is 1.48. The molecular formula is C12H21N3O3S. The maximum absolute atomic E-state index is 12.5. The average Bonchev–Trinajstić information content (AvgIpc) is 2.40. The van der Waals surface area contributed by atoms with Crippen molar-refractivity contribution in [3.05, 3.63) is 18.3 Å². The fourth-order valence-electron chi connectivity index (χ4n) is 1.69. The molecule has 0 unspecified atom stereocenters. The number of likely N-dealkylation sites (N-methyl/N-ethyl adjacent to an activating group) is 1. The molecule has 1 aromatic rings. The van der Waals surface area contributed by atoms with E-state index in [9.17, 15) is 8.42 Å². The van der Waals surface area contributed by atoms with E-state index >= 15 is 0 Å². The van der Waals surface area contributed by atoms with Gasteiger partial charge in [-0.3, -0.25) is 0 Å². The molecule has 0 spiro atoms. The van der Waals surface area contributed by atoms with Crippen molar-refractivity contribution in [3.8, 4) is 0 Å². The minimum Gasteiger partial charge on any atom is -0.383 e. The monoisotopic (exact) mass is 287 g/mol. The summed E-state index contributed by atoms with van der Waals surface area (Å²) >= 11 is 0. The zero-order valence-electron chi connectivity index (χ0n) is 11.6. The smallest absolute Gasteiger partial charge is 0.262 e. The van der Waals surface area contributed by atoms with Gasteiger partial charge in [0.2, 0.25) is 0 Å². The van der Waals surface area contributed by atoms with Gasteiger partial charge in [0, 0.05) is 32.9 Å². The Hall–Kier alpha value is -1.18. The van der Waals surface area contributed by atoms with Crippen LogP contribution in [-0.4, -0.2) is 51.1 Å². The highest BCUT2D eigenvalue weighted by atomic mass is 32.2. The number of nitrogens with zero attached hydrogens (tertiary/aromatic N) is 2. The second-order valence-corrected chi connectivity index (χ2v) is 5.73. The third-order valence-corrected chi connectivity index (χ3v) is 4.55. The predicted molar refractivity (Wildman–Crippen MR) is 74.7 cm³/mol. The molecule has 0 radical (unpaired) electrons. The number of hydrogen-bond donors (Lipinski definition) is 1. The van der Waals surface area contributed by atoms with Gasteiger partial charge in [0.15, 0.2) is 5.03 Å². The van der Waals surface area contributed by atoms with Crippen LogP contribution in [0, 0.1) is 0 Å². The molecule has 1 rings (SSSR count). The quantitative estimate of drug-likeness (QED) is 0.777. The molecular weight excluding hydrogens is 266 g/mol. The zero-order chi connectivity index (χ0) is 14.3. The lowest BCUT2D eigenvalue weighted by Crippen LogP contribution is -2.34. The maximum Gasteiger partial charge on any atom is 0.262 e. The fourth-order valence-corrected chi connectivity index (χ4v) is 3.20. The summed E-state index contributed by atoms with van der Waals surface area (Å²) in [4.78, 5) is 4.01. The van der Waals surface area contributed by atoms with E-state index in [0.717, 1.165) is 0 Å². The summed E-state index contributed by atoms with van der Waals surface area (Å²) in [6, 6.07) is 3.43. The Bertz CT molecular complexity index is 491. The van der Waals surface area contributed by atoms with Crippen LogP contribution in [0.25, 0.3) is 0 Å². The second-order valence-electron chi connectivity index (χ2n) is 3.88. The van der Waals surface area contributed by atoms with Crippen LogP contribution < -0.4 is 5.32 Å². The molecule has 0 bridgehead atoms. The number of pyridine rings is 1. The summed E-state index contributed by atoms with van der Waals surface area (Å²) in [6.45, 7) is 5.40. The zero-order valence-corrected chi connectivity index (χ0v) is 12.4. The van der Waals surface area contributed by atoms with Crippen LogP contribution in [0.3, 0.4) is 0 Å². The lowest BCUT2D eigenvalue weighted by molar-refractivity contribution is 0.180. The van der Waals surface area contributed by atoms with Crippen LogP contribution in [0.1, 0.15) is 13.8 Å². The molecule has 0 aliphatic carbocycles. The first kappa shape index (κ1) is 15.9. The Balaban J connectivity index is 3.10. The van der Waals surface area contributed by atoms with Crippen molar-refractivity contribution in [2.75, 3.05) is 38.7 Å². The molecule has 0 saturated heterocycles. The number of anilines is 1. The number of aromatic nitrogens is 1. The van der Waals surface area contributed by atoms with E-state index in [1.165, 1.54) is 10.5 Å². The lowest BCUT2D eigenvalue weighted by Gasteiger charge is -2.21. The molecule has 0 fully saturated rings. The summed E-state index contributed by atoms with van der Waals surface area (Å²) < 4.78 is 31.4. The van der Waals surface area contributed by atoms with Gasteiger partial charge in [0.05, 0.1) is 12.3 Å². The first-order chi connectivity index (χ1) is 9.07. The molecule has 0 aromatic carbocycles. The summed E-state index contributed by atoms with van der Waals surface area (Å²) in [5.41, 5.74) is 0.529. The van der Waals surface area contributed by atoms with Crippen molar-refractivity contribution in [1.82, 2.24) is 9.29 Å². The van der Waals surface area contributed by atoms with Gasteiger partial charge in [-0.2, -0.15) is 4.31 Å². The summed E-state index contributed by atoms with van der Waals surface area (Å²) in [5.74, 6) is 0. The highest BCUT2D eigenvalue weighted by Crippen LogP contribution is 2.21. The number of ether oxygens (including phenoxy) is 1. The maximum atomic E-state index is 12.5.